The van der Waals surface area contributed by atoms with Gasteiger partial charge < -0.3 is 4.90 Å². The van der Waals surface area contributed by atoms with Crippen LogP contribution in [0.5, 0.6) is 0 Å². The summed E-state index contributed by atoms with van der Waals surface area (Å²) in [6.45, 7) is 5.59. The number of halogens is 1. The van der Waals surface area contributed by atoms with E-state index in [2.05, 4.69) is 13.8 Å². The number of hydrogen-bond acceptors (Lipinski definition) is 1. The molecule has 18 heavy (non-hydrogen) atoms. The van der Waals surface area contributed by atoms with Gasteiger partial charge in [0, 0.05) is 24.9 Å². The Bertz CT molecular complexity index is 416. The van der Waals surface area contributed by atoms with Crippen molar-refractivity contribution in [2.24, 2.45) is 11.3 Å². The third kappa shape index (κ3) is 3.05. The Morgan fingerprint density at radius 1 is 1.39 bits per heavy atom. The molecule has 1 unspecified atom stereocenters. The van der Waals surface area contributed by atoms with Crippen molar-refractivity contribution in [1.82, 2.24) is 4.90 Å². The molecule has 3 heteroatoms. The Kier molecular flexibility index (Phi) is 3.96. The predicted molar refractivity (Wildman–Crippen MR) is 74.5 cm³/mol. The van der Waals surface area contributed by atoms with Crippen molar-refractivity contribution in [3.05, 3.63) is 35.9 Å². The van der Waals surface area contributed by atoms with E-state index in [4.69, 9.17) is 11.6 Å². The highest BCUT2D eigenvalue weighted by Gasteiger charge is 2.51. The fourth-order valence-corrected chi connectivity index (χ4v) is 2.49. The van der Waals surface area contributed by atoms with E-state index in [-0.39, 0.29) is 17.2 Å². The summed E-state index contributed by atoms with van der Waals surface area (Å²) in [4.78, 5) is 14.3. The Morgan fingerprint density at radius 3 is 2.50 bits per heavy atom. The maximum Gasteiger partial charge on any atom is 0.226 e. The molecule has 1 amide bonds. The van der Waals surface area contributed by atoms with Crippen LogP contribution < -0.4 is 0 Å². The molecule has 0 aliphatic heterocycles. The van der Waals surface area contributed by atoms with Crippen LogP contribution in [0.4, 0.5) is 0 Å². The van der Waals surface area contributed by atoms with Gasteiger partial charge in [0.25, 0.3) is 0 Å². The first-order valence-electron chi connectivity index (χ1n) is 6.43. The highest BCUT2D eigenvalue weighted by molar-refractivity contribution is 6.18. The lowest BCUT2D eigenvalue weighted by atomic mass is 10.1. The van der Waals surface area contributed by atoms with Gasteiger partial charge >= 0.3 is 0 Å². The van der Waals surface area contributed by atoms with Crippen LogP contribution in [0.25, 0.3) is 0 Å². The summed E-state index contributed by atoms with van der Waals surface area (Å²) >= 11 is 5.81. The Morgan fingerprint density at radius 2 is 2.00 bits per heavy atom. The maximum atomic E-state index is 12.4. The van der Waals surface area contributed by atoms with E-state index in [9.17, 15) is 4.79 Å². The second-order valence-corrected chi connectivity index (χ2v) is 6.06. The van der Waals surface area contributed by atoms with Crippen LogP contribution >= 0.6 is 11.6 Å². The molecule has 0 radical (unpaired) electrons. The smallest absolute Gasteiger partial charge is 0.226 e. The van der Waals surface area contributed by atoms with Crippen LogP contribution in [0.1, 0.15) is 25.8 Å². The molecule has 0 aromatic heterocycles. The minimum Gasteiger partial charge on any atom is -0.337 e. The van der Waals surface area contributed by atoms with Crippen LogP contribution in [-0.2, 0) is 11.3 Å². The molecule has 1 fully saturated rings. The Hall–Kier alpha value is -1.02. The molecular formula is C15H20ClNO. The summed E-state index contributed by atoms with van der Waals surface area (Å²) in [6, 6.07) is 10.1. The van der Waals surface area contributed by atoms with E-state index in [0.717, 1.165) is 12.0 Å². The van der Waals surface area contributed by atoms with Crippen molar-refractivity contribution >= 4 is 17.5 Å². The summed E-state index contributed by atoms with van der Waals surface area (Å²) in [5, 5.41) is 0. The zero-order valence-electron chi connectivity index (χ0n) is 11.0. The lowest BCUT2D eigenvalue weighted by molar-refractivity contribution is -0.133. The standard InChI is InChI=1S/C15H20ClNO/c1-15(2)10-13(15)14(18)17(9-8-16)11-12-6-4-3-5-7-12/h3-7,13H,8-11H2,1-2H3. The number of carbonyl (C=O) groups is 1. The molecule has 1 saturated carbocycles. The second-order valence-electron chi connectivity index (χ2n) is 5.68. The molecule has 1 aromatic rings. The van der Waals surface area contributed by atoms with Crippen LogP contribution in [-0.4, -0.2) is 23.2 Å². The van der Waals surface area contributed by atoms with E-state index in [1.54, 1.807) is 0 Å². The highest BCUT2D eigenvalue weighted by atomic mass is 35.5. The van der Waals surface area contributed by atoms with Crippen molar-refractivity contribution in [3.8, 4) is 0 Å². The SMILES string of the molecule is CC1(C)CC1C(=O)N(CCCl)Cc1ccccc1. The van der Waals surface area contributed by atoms with E-state index >= 15 is 0 Å². The van der Waals surface area contributed by atoms with Crippen molar-refractivity contribution in [2.75, 3.05) is 12.4 Å². The summed E-state index contributed by atoms with van der Waals surface area (Å²) in [6.07, 6.45) is 0.999. The van der Waals surface area contributed by atoms with Gasteiger partial charge in [0.2, 0.25) is 5.91 Å². The van der Waals surface area contributed by atoms with Gasteiger partial charge in [-0.2, -0.15) is 0 Å². The normalized spacial score (nSPS) is 20.5. The number of alkyl halides is 1. The van der Waals surface area contributed by atoms with Crippen molar-refractivity contribution in [2.45, 2.75) is 26.8 Å². The van der Waals surface area contributed by atoms with Gasteiger partial charge in [-0.3, -0.25) is 4.79 Å². The first kappa shape index (κ1) is 13.4. The number of hydrogen-bond donors (Lipinski definition) is 0. The van der Waals surface area contributed by atoms with Crippen molar-refractivity contribution in [3.63, 3.8) is 0 Å². The molecule has 0 spiro atoms. The molecule has 1 aromatic carbocycles. The first-order valence-corrected chi connectivity index (χ1v) is 6.97. The van der Waals surface area contributed by atoms with E-state index in [1.807, 2.05) is 35.2 Å². The largest absolute Gasteiger partial charge is 0.337 e. The zero-order chi connectivity index (χ0) is 13.2. The zero-order valence-corrected chi connectivity index (χ0v) is 11.8. The Labute approximate surface area is 114 Å². The molecule has 0 saturated heterocycles. The van der Waals surface area contributed by atoms with Crippen molar-refractivity contribution in [1.29, 1.82) is 0 Å². The van der Waals surface area contributed by atoms with Gasteiger partial charge in [-0.25, -0.2) is 0 Å². The molecule has 1 aliphatic rings. The third-order valence-corrected chi connectivity index (χ3v) is 3.86. The maximum absolute atomic E-state index is 12.4. The summed E-state index contributed by atoms with van der Waals surface area (Å²) in [5.41, 5.74) is 1.34. The Balaban J connectivity index is 2.02. The second kappa shape index (κ2) is 5.31. The van der Waals surface area contributed by atoms with E-state index in [0.29, 0.717) is 19.0 Å². The van der Waals surface area contributed by atoms with Crippen LogP contribution in [0.15, 0.2) is 30.3 Å². The molecule has 2 rings (SSSR count). The monoisotopic (exact) mass is 265 g/mol. The fourth-order valence-electron chi connectivity index (χ4n) is 2.28. The van der Waals surface area contributed by atoms with Gasteiger partial charge in [-0.05, 0) is 17.4 Å². The highest BCUT2D eigenvalue weighted by Crippen LogP contribution is 2.52. The van der Waals surface area contributed by atoms with E-state index in [1.165, 1.54) is 0 Å². The van der Waals surface area contributed by atoms with Crippen molar-refractivity contribution < 1.29 is 4.79 Å². The number of amides is 1. The van der Waals surface area contributed by atoms with Crippen LogP contribution in [0.2, 0.25) is 0 Å². The fraction of sp³-hybridized carbons (Fsp3) is 0.533. The molecule has 0 bridgehead atoms. The van der Waals surface area contributed by atoms with Gasteiger partial charge in [0.05, 0.1) is 0 Å². The molecular weight excluding hydrogens is 246 g/mol. The minimum atomic E-state index is 0.179. The first-order chi connectivity index (χ1) is 8.54. The summed E-state index contributed by atoms with van der Waals surface area (Å²) in [5.74, 6) is 0.931. The average molecular weight is 266 g/mol. The number of benzene rings is 1. The third-order valence-electron chi connectivity index (χ3n) is 3.69. The molecule has 98 valence electrons. The number of rotatable bonds is 5. The van der Waals surface area contributed by atoms with Gasteiger partial charge in [0.1, 0.15) is 0 Å². The molecule has 1 aliphatic carbocycles. The van der Waals surface area contributed by atoms with Gasteiger partial charge in [0.15, 0.2) is 0 Å². The summed E-state index contributed by atoms with van der Waals surface area (Å²) < 4.78 is 0. The molecule has 0 N–H and O–H groups in total. The average Bonchev–Trinajstić information content (AvgIpc) is 2.98. The van der Waals surface area contributed by atoms with Gasteiger partial charge in [-0.1, -0.05) is 44.2 Å². The minimum absolute atomic E-state index is 0.179. The molecule has 2 nitrogen and oxygen atoms in total. The molecule has 0 heterocycles. The van der Waals surface area contributed by atoms with Gasteiger partial charge in [-0.15, -0.1) is 11.6 Å². The number of nitrogens with zero attached hydrogens (tertiary/aromatic N) is 1. The topological polar surface area (TPSA) is 20.3 Å². The lowest BCUT2D eigenvalue weighted by Crippen LogP contribution is -2.34. The lowest BCUT2D eigenvalue weighted by Gasteiger charge is -2.22. The van der Waals surface area contributed by atoms with E-state index < -0.39 is 0 Å². The van der Waals surface area contributed by atoms with Crippen LogP contribution in [0, 0.1) is 11.3 Å². The molecule has 1 atom stereocenters. The predicted octanol–water partition coefficient (Wildman–Crippen LogP) is 3.30. The quantitative estimate of drug-likeness (QED) is 0.748. The van der Waals surface area contributed by atoms with Crippen LogP contribution in [0.3, 0.4) is 0 Å². The number of carbonyl (C=O) groups excluding carboxylic acids is 1. The summed E-state index contributed by atoms with van der Waals surface area (Å²) in [7, 11) is 0.